The molecule has 0 amide bonds. The van der Waals surface area contributed by atoms with E-state index >= 15 is 0 Å². The summed E-state index contributed by atoms with van der Waals surface area (Å²) in [5.74, 6) is 0. The summed E-state index contributed by atoms with van der Waals surface area (Å²) in [6.07, 6.45) is 0. The Hall–Kier alpha value is -4.54. The van der Waals surface area contributed by atoms with Crippen molar-refractivity contribution in [3.05, 3.63) is 103 Å². The van der Waals surface area contributed by atoms with Gasteiger partial charge in [-0.25, -0.2) is 9.97 Å². The number of fused-ring (bicyclic) bond motifs is 10. The molecular weight excluding hydrogens is 458 g/mol. The largest absolute Gasteiger partial charge is 0.291 e. The summed E-state index contributed by atoms with van der Waals surface area (Å²) in [5, 5.41) is 6.33. The van der Waals surface area contributed by atoms with Crippen molar-refractivity contribution in [2.75, 3.05) is 0 Å². The van der Waals surface area contributed by atoms with Crippen molar-refractivity contribution in [1.29, 1.82) is 0 Å². The molecule has 0 aliphatic heterocycles. The average molecular weight is 476 g/mol. The minimum Gasteiger partial charge on any atom is -0.291 e. The fourth-order valence-electron chi connectivity index (χ4n) is 5.99. The van der Waals surface area contributed by atoms with Crippen LogP contribution in [0.2, 0.25) is 0 Å². The Balaban J connectivity index is 1.41. The summed E-state index contributed by atoms with van der Waals surface area (Å²) in [4.78, 5) is 10.1. The first kappa shape index (κ1) is 18.7. The van der Waals surface area contributed by atoms with E-state index in [2.05, 4.69) is 83.3 Å². The van der Waals surface area contributed by atoms with Crippen LogP contribution < -0.4 is 0 Å². The van der Waals surface area contributed by atoms with E-state index in [9.17, 15) is 0 Å². The maximum Gasteiger partial charge on any atom is 0.165 e. The maximum atomic E-state index is 5.07. The lowest BCUT2D eigenvalue weighted by Crippen LogP contribution is -1.89. The Morgan fingerprint density at radius 2 is 1.33 bits per heavy atom. The standard InChI is InChI=1S/C32H17N3S/c1-4-13-27-21(7-1)29-19(8-6-14-28(29)36-27)18-15-16-26-23(17-18)20-9-5-10-22-30-32(35(26)31(20)22)34-25-12-3-2-11-24(25)33-30/h1-17H. The van der Waals surface area contributed by atoms with Gasteiger partial charge in [0.2, 0.25) is 0 Å². The number of hydrogen-bond donors (Lipinski definition) is 0. The van der Waals surface area contributed by atoms with E-state index in [-0.39, 0.29) is 0 Å². The molecule has 4 heterocycles. The molecule has 9 aromatic rings. The number of rotatable bonds is 1. The van der Waals surface area contributed by atoms with Crippen LogP contribution >= 0.6 is 11.3 Å². The van der Waals surface area contributed by atoms with Crippen LogP contribution in [0, 0.1) is 0 Å². The molecule has 9 rings (SSSR count). The molecule has 4 aromatic heterocycles. The summed E-state index contributed by atoms with van der Waals surface area (Å²) in [7, 11) is 0. The van der Waals surface area contributed by atoms with Crippen molar-refractivity contribution in [1.82, 2.24) is 14.4 Å². The predicted molar refractivity (Wildman–Crippen MR) is 153 cm³/mol. The molecular formula is C32H17N3S. The third-order valence-corrected chi connectivity index (χ3v) is 8.66. The van der Waals surface area contributed by atoms with Gasteiger partial charge in [0.05, 0.1) is 22.1 Å². The number of aromatic nitrogens is 3. The molecule has 0 atom stereocenters. The topological polar surface area (TPSA) is 30.2 Å². The van der Waals surface area contributed by atoms with Gasteiger partial charge in [0.1, 0.15) is 5.52 Å². The quantitative estimate of drug-likeness (QED) is 0.237. The second-order valence-corrected chi connectivity index (χ2v) is 10.5. The summed E-state index contributed by atoms with van der Waals surface area (Å²) in [6.45, 7) is 0. The van der Waals surface area contributed by atoms with Crippen LogP contribution in [0.25, 0.3) is 80.7 Å². The first-order valence-electron chi connectivity index (χ1n) is 12.1. The molecule has 0 N–H and O–H groups in total. The lowest BCUT2D eigenvalue weighted by Gasteiger charge is -2.06. The monoisotopic (exact) mass is 475 g/mol. The fraction of sp³-hybridized carbons (Fsp3) is 0. The smallest absolute Gasteiger partial charge is 0.165 e. The van der Waals surface area contributed by atoms with Crippen LogP contribution in [-0.2, 0) is 0 Å². The second kappa shape index (κ2) is 6.56. The van der Waals surface area contributed by atoms with E-state index in [0.717, 1.165) is 27.6 Å². The van der Waals surface area contributed by atoms with E-state index in [1.54, 1.807) is 0 Å². The Morgan fingerprint density at radius 3 is 2.28 bits per heavy atom. The molecule has 0 aliphatic rings. The molecule has 0 saturated heterocycles. The van der Waals surface area contributed by atoms with Gasteiger partial charge in [-0.2, -0.15) is 0 Å². The van der Waals surface area contributed by atoms with E-state index in [4.69, 9.17) is 9.97 Å². The van der Waals surface area contributed by atoms with Crippen molar-refractivity contribution in [3.8, 4) is 11.1 Å². The van der Waals surface area contributed by atoms with Crippen LogP contribution in [0.3, 0.4) is 0 Å². The van der Waals surface area contributed by atoms with Crippen molar-refractivity contribution >= 4 is 80.9 Å². The van der Waals surface area contributed by atoms with Gasteiger partial charge in [-0.05, 0) is 47.5 Å². The summed E-state index contributed by atoms with van der Waals surface area (Å²) >= 11 is 1.87. The van der Waals surface area contributed by atoms with Crippen LogP contribution in [0.4, 0.5) is 0 Å². The zero-order valence-electron chi connectivity index (χ0n) is 19.1. The van der Waals surface area contributed by atoms with Crippen LogP contribution in [0.15, 0.2) is 103 Å². The maximum absolute atomic E-state index is 5.07. The zero-order valence-corrected chi connectivity index (χ0v) is 19.9. The normalized spacial score (nSPS) is 12.4. The highest BCUT2D eigenvalue weighted by molar-refractivity contribution is 7.25. The van der Waals surface area contributed by atoms with E-state index in [0.29, 0.717) is 0 Å². The third-order valence-electron chi connectivity index (χ3n) is 7.52. The molecule has 166 valence electrons. The molecule has 0 unspecified atom stereocenters. The number of thiophene rings is 1. The van der Waals surface area contributed by atoms with Gasteiger partial charge in [0.25, 0.3) is 0 Å². The summed E-state index contributed by atoms with van der Waals surface area (Å²) in [5.41, 5.74) is 8.65. The minimum absolute atomic E-state index is 0.923. The average Bonchev–Trinajstić information content (AvgIpc) is 3.58. The highest BCUT2D eigenvalue weighted by Gasteiger charge is 2.20. The SMILES string of the molecule is c1ccc2nc3c(nc2c1)c1cccc2c4cc(-c5cccc6sc7ccccc7c56)ccc4n3c21. The van der Waals surface area contributed by atoms with Crippen molar-refractivity contribution < 1.29 is 0 Å². The van der Waals surface area contributed by atoms with Gasteiger partial charge in [0.15, 0.2) is 5.65 Å². The van der Waals surface area contributed by atoms with E-state index in [1.807, 2.05) is 35.6 Å². The van der Waals surface area contributed by atoms with Crippen LogP contribution in [-0.4, -0.2) is 14.4 Å². The molecule has 5 aromatic carbocycles. The molecule has 0 fully saturated rings. The lowest BCUT2D eigenvalue weighted by molar-refractivity contribution is 1.28. The van der Waals surface area contributed by atoms with Crippen LogP contribution in [0.5, 0.6) is 0 Å². The molecule has 3 nitrogen and oxygen atoms in total. The third kappa shape index (κ3) is 2.27. The van der Waals surface area contributed by atoms with Crippen molar-refractivity contribution in [2.45, 2.75) is 0 Å². The zero-order chi connectivity index (χ0) is 23.4. The molecule has 0 aliphatic carbocycles. The van der Waals surface area contributed by atoms with Crippen molar-refractivity contribution in [3.63, 3.8) is 0 Å². The Labute approximate surface area is 209 Å². The highest BCUT2D eigenvalue weighted by atomic mass is 32.1. The first-order valence-corrected chi connectivity index (χ1v) is 12.9. The first-order chi connectivity index (χ1) is 17.8. The van der Waals surface area contributed by atoms with Gasteiger partial charge in [-0.1, -0.05) is 66.7 Å². The predicted octanol–water partition coefficient (Wildman–Crippen LogP) is 8.81. The second-order valence-electron chi connectivity index (χ2n) is 9.43. The summed E-state index contributed by atoms with van der Waals surface area (Å²) < 4.78 is 4.97. The van der Waals surface area contributed by atoms with Gasteiger partial charge >= 0.3 is 0 Å². The highest BCUT2D eigenvalue weighted by Crippen LogP contribution is 2.43. The van der Waals surface area contributed by atoms with Gasteiger partial charge in [-0.3, -0.25) is 4.40 Å². The number of hydrogen-bond acceptors (Lipinski definition) is 3. The van der Waals surface area contributed by atoms with Crippen LogP contribution in [0.1, 0.15) is 0 Å². The van der Waals surface area contributed by atoms with Crippen molar-refractivity contribution in [2.24, 2.45) is 0 Å². The fourth-order valence-corrected chi connectivity index (χ4v) is 7.12. The van der Waals surface area contributed by atoms with Gasteiger partial charge in [-0.15, -0.1) is 11.3 Å². The molecule has 0 radical (unpaired) electrons. The Bertz CT molecular complexity index is 2320. The summed E-state index contributed by atoms with van der Waals surface area (Å²) in [6, 6.07) is 36.9. The lowest BCUT2D eigenvalue weighted by atomic mass is 9.98. The molecule has 0 saturated carbocycles. The molecule has 0 bridgehead atoms. The van der Waals surface area contributed by atoms with E-state index < -0.39 is 0 Å². The minimum atomic E-state index is 0.923. The Kier molecular flexibility index (Phi) is 3.42. The van der Waals surface area contributed by atoms with Gasteiger partial charge < -0.3 is 0 Å². The number of benzene rings is 5. The Morgan fingerprint density at radius 1 is 0.583 bits per heavy atom. The molecule has 0 spiro atoms. The van der Waals surface area contributed by atoms with Gasteiger partial charge in [0, 0.05) is 36.3 Å². The number of nitrogens with zero attached hydrogens (tertiary/aromatic N) is 3. The van der Waals surface area contributed by atoms with E-state index in [1.165, 1.54) is 53.1 Å². The molecule has 4 heteroatoms. The molecule has 36 heavy (non-hydrogen) atoms. The number of para-hydroxylation sites is 3.